The van der Waals surface area contributed by atoms with Crippen molar-refractivity contribution in [1.82, 2.24) is 4.98 Å². The van der Waals surface area contributed by atoms with E-state index in [0.29, 0.717) is 34.7 Å². The van der Waals surface area contributed by atoms with Gasteiger partial charge in [-0.2, -0.15) is 5.26 Å². The van der Waals surface area contributed by atoms with Crippen LogP contribution in [0.4, 0.5) is 11.5 Å². The molecule has 202 valence electrons. The monoisotopic (exact) mass is 556 g/mol. The maximum absolute atomic E-state index is 9.71. The van der Waals surface area contributed by atoms with Gasteiger partial charge in [-0.25, -0.2) is 4.85 Å². The number of nitrogen functional groups attached to an aromatic ring is 1. The number of ether oxygens (including phenoxy) is 1. The Bertz CT molecular complexity index is 1370. The third kappa shape index (κ3) is 5.85. The van der Waals surface area contributed by atoms with Crippen LogP contribution in [-0.2, 0) is 9.16 Å². The number of pyridine rings is 1. The summed E-state index contributed by atoms with van der Waals surface area (Å²) in [5.41, 5.74) is 7.43. The molecule has 39 heavy (non-hydrogen) atoms. The zero-order valence-electron chi connectivity index (χ0n) is 22.9. The van der Waals surface area contributed by atoms with Crippen LogP contribution in [0.25, 0.3) is 4.85 Å². The second-order valence-corrected chi connectivity index (χ2v) is 15.8. The van der Waals surface area contributed by atoms with Crippen LogP contribution in [-0.4, -0.2) is 32.6 Å². The van der Waals surface area contributed by atoms with Crippen molar-refractivity contribution in [2.45, 2.75) is 63.5 Å². The summed E-state index contributed by atoms with van der Waals surface area (Å²) >= 11 is 5.33. The van der Waals surface area contributed by atoms with E-state index in [-0.39, 0.29) is 22.9 Å². The lowest BCUT2D eigenvalue weighted by Gasteiger charge is -2.43. The maximum atomic E-state index is 9.71. The van der Waals surface area contributed by atoms with Gasteiger partial charge in [0, 0.05) is 0 Å². The summed E-state index contributed by atoms with van der Waals surface area (Å²) in [5.74, 6) is 0.304. The van der Waals surface area contributed by atoms with Crippen molar-refractivity contribution >= 4 is 42.4 Å². The first kappa shape index (κ1) is 28.7. The first-order valence-corrected chi connectivity index (χ1v) is 15.7. The van der Waals surface area contributed by atoms with Crippen LogP contribution in [0, 0.1) is 22.5 Å². The molecule has 0 saturated heterocycles. The number of hydrogen-bond donors (Lipinski definition) is 2. The van der Waals surface area contributed by atoms with Gasteiger partial charge in [0.15, 0.2) is 0 Å². The molecule has 3 aromatic rings. The highest BCUT2D eigenvalue weighted by Crippen LogP contribution is 2.42. The molecule has 0 bridgehead atoms. The Hall–Kier alpha value is -3.27. The van der Waals surface area contributed by atoms with E-state index in [2.05, 4.69) is 85.2 Å². The summed E-state index contributed by atoms with van der Waals surface area (Å²) in [6.07, 6.45) is 3.43. The zero-order valence-corrected chi connectivity index (χ0v) is 24.7. The number of H-pyrrole nitrogens is 1. The number of nitrogens with one attached hydrogen (secondary N) is 1. The van der Waals surface area contributed by atoms with Gasteiger partial charge >= 0.3 is 0 Å². The Balaban J connectivity index is 1.44. The van der Waals surface area contributed by atoms with E-state index in [4.69, 9.17) is 33.7 Å². The third-order valence-electron chi connectivity index (χ3n) is 7.73. The molecule has 8 heteroatoms. The lowest BCUT2D eigenvalue weighted by atomic mass is 9.80. The fraction of sp³-hybridized carbons (Fsp3) is 0.387. The summed E-state index contributed by atoms with van der Waals surface area (Å²) in [5, 5.41) is 12.1. The predicted molar refractivity (Wildman–Crippen MR) is 162 cm³/mol. The van der Waals surface area contributed by atoms with Crippen LogP contribution in [0.1, 0.15) is 63.5 Å². The number of aromatic amines is 1. The minimum atomic E-state index is -2.59. The number of benzene rings is 2. The lowest BCUT2D eigenvalue weighted by molar-refractivity contribution is 0.00838. The smallest absolute Gasteiger partial charge is 0.261 e. The molecule has 0 amide bonds. The number of nitrogens with two attached hydrogens (primary N) is 1. The second-order valence-electron chi connectivity index (χ2n) is 11.1. The summed E-state index contributed by atoms with van der Waals surface area (Å²) in [6.45, 7) is 15.5. The molecule has 1 heterocycles. The van der Waals surface area contributed by atoms with Crippen molar-refractivity contribution in [2.24, 2.45) is 0 Å². The topological polar surface area (TPSA) is 88.4 Å². The Kier molecular flexibility index (Phi) is 9.04. The van der Waals surface area contributed by atoms with E-state index in [0.717, 1.165) is 25.7 Å². The molecule has 0 aliphatic heterocycles. The number of nitriles is 1. The van der Waals surface area contributed by atoms with Crippen molar-refractivity contribution in [3.63, 3.8) is 0 Å². The fourth-order valence-electron chi connectivity index (χ4n) is 5.95. The molecule has 1 aromatic heterocycles. The van der Waals surface area contributed by atoms with Crippen molar-refractivity contribution in [1.29, 1.82) is 5.26 Å². The van der Waals surface area contributed by atoms with Gasteiger partial charge < -0.3 is 19.9 Å². The molecule has 1 aliphatic rings. The molecule has 0 atom stereocenters. The van der Waals surface area contributed by atoms with E-state index in [9.17, 15) is 5.26 Å². The van der Waals surface area contributed by atoms with Crippen molar-refractivity contribution in [3.8, 4) is 6.07 Å². The average molecular weight is 557 g/mol. The highest BCUT2D eigenvalue weighted by Gasteiger charge is 2.50. The Morgan fingerprint density at radius 1 is 1.03 bits per heavy atom. The fourth-order valence-corrected chi connectivity index (χ4v) is 10.8. The molecule has 4 rings (SSSR count). The zero-order chi connectivity index (χ0) is 28.0. The molecule has 6 nitrogen and oxygen atoms in total. The van der Waals surface area contributed by atoms with Crippen molar-refractivity contribution in [3.05, 3.63) is 87.8 Å². The SMILES string of the molecule is [C-]#[N+]c1c(N)[nH]c(=S)c(C#N)c1C1CCC(OCCO[Si](c2ccccc2)(c2ccccc2)C(C)(C)C)CC1. The van der Waals surface area contributed by atoms with E-state index >= 15 is 0 Å². The molecule has 1 aliphatic carbocycles. The summed E-state index contributed by atoms with van der Waals surface area (Å²) in [6, 6.07) is 23.4. The number of anilines is 1. The quantitative estimate of drug-likeness (QED) is 0.146. The number of nitrogens with zero attached hydrogens (tertiary/aromatic N) is 2. The molecule has 0 radical (unpaired) electrons. The Morgan fingerprint density at radius 2 is 1.59 bits per heavy atom. The second kappa shape index (κ2) is 12.3. The van der Waals surface area contributed by atoms with Crippen LogP contribution >= 0.6 is 12.2 Å². The first-order chi connectivity index (χ1) is 18.7. The van der Waals surface area contributed by atoms with Crippen LogP contribution in [0.5, 0.6) is 0 Å². The van der Waals surface area contributed by atoms with Gasteiger partial charge in [0.25, 0.3) is 8.32 Å². The standard InChI is InChI=1S/C31H36N4O2SSi/c1-31(2,3)39(24-11-7-5-8-12-24,25-13-9-6-10-14-25)37-20-19-36-23-17-15-22(16-18-23)27-26(21-32)30(38)35-29(33)28(27)34-4/h5-14,22-23H,15-20H2,1-3H3,(H3,33,35,38). The largest absolute Gasteiger partial charge is 0.405 e. The van der Waals surface area contributed by atoms with Gasteiger partial charge in [0.05, 0.1) is 31.5 Å². The summed E-state index contributed by atoms with van der Waals surface area (Å²) in [7, 11) is -2.59. The minimum absolute atomic E-state index is 0.0653. The van der Waals surface area contributed by atoms with E-state index in [1.807, 2.05) is 12.1 Å². The molecule has 1 saturated carbocycles. The third-order valence-corrected chi connectivity index (χ3v) is 13.1. The highest BCUT2D eigenvalue weighted by atomic mass is 32.1. The lowest BCUT2D eigenvalue weighted by Crippen LogP contribution is -2.66. The van der Waals surface area contributed by atoms with Gasteiger partial charge in [-0.1, -0.05) is 93.7 Å². The minimum Gasteiger partial charge on any atom is -0.405 e. The highest BCUT2D eigenvalue weighted by molar-refractivity contribution is 7.71. The summed E-state index contributed by atoms with van der Waals surface area (Å²) in [4.78, 5) is 6.42. The van der Waals surface area contributed by atoms with E-state index in [1.165, 1.54) is 10.4 Å². The average Bonchev–Trinajstić information content (AvgIpc) is 2.93. The van der Waals surface area contributed by atoms with E-state index in [1.54, 1.807) is 0 Å². The van der Waals surface area contributed by atoms with Gasteiger partial charge in [0.2, 0.25) is 5.69 Å². The summed E-state index contributed by atoms with van der Waals surface area (Å²) < 4.78 is 13.6. The van der Waals surface area contributed by atoms with Crippen LogP contribution < -0.4 is 16.1 Å². The molecule has 3 N–H and O–H groups in total. The number of hydrogen-bond acceptors (Lipinski definition) is 5. The van der Waals surface area contributed by atoms with Gasteiger partial charge in [-0.15, -0.1) is 0 Å². The van der Waals surface area contributed by atoms with Crippen LogP contribution in [0.3, 0.4) is 0 Å². The molecule has 1 fully saturated rings. The molecule has 2 aromatic carbocycles. The molecular formula is C31H36N4O2SSi. The number of aromatic nitrogens is 1. The predicted octanol–water partition coefficient (Wildman–Crippen LogP) is 6.37. The van der Waals surface area contributed by atoms with Gasteiger partial charge in [0.1, 0.15) is 16.5 Å². The van der Waals surface area contributed by atoms with Crippen molar-refractivity contribution in [2.75, 3.05) is 18.9 Å². The van der Waals surface area contributed by atoms with Gasteiger partial charge in [-0.3, -0.25) is 0 Å². The molecule has 0 spiro atoms. The first-order valence-electron chi connectivity index (χ1n) is 13.4. The normalized spacial score (nSPS) is 17.8. The van der Waals surface area contributed by atoms with Crippen LogP contribution in [0.2, 0.25) is 5.04 Å². The number of rotatable bonds is 8. The Morgan fingerprint density at radius 3 is 2.08 bits per heavy atom. The van der Waals surface area contributed by atoms with Crippen LogP contribution in [0.15, 0.2) is 60.7 Å². The van der Waals surface area contributed by atoms with Crippen molar-refractivity contribution < 1.29 is 9.16 Å². The maximum Gasteiger partial charge on any atom is 0.261 e. The molecular weight excluding hydrogens is 521 g/mol. The molecule has 0 unspecified atom stereocenters. The van der Waals surface area contributed by atoms with E-state index < -0.39 is 8.32 Å². The Labute approximate surface area is 237 Å². The van der Waals surface area contributed by atoms with Gasteiger partial charge in [-0.05, 0) is 52.6 Å².